The highest BCUT2D eigenvalue weighted by atomic mass is 35.5. The lowest BCUT2D eigenvalue weighted by Gasteiger charge is -2.16. The van der Waals surface area contributed by atoms with Gasteiger partial charge in [-0.3, -0.25) is 4.79 Å². The molecule has 0 bridgehead atoms. The van der Waals surface area contributed by atoms with Crippen LogP contribution in [0.1, 0.15) is 18.1 Å². The first kappa shape index (κ1) is 17.7. The number of alkyl halides is 3. The standard InChI is InChI=1S/C11H10ClF3O5S/c1-6(16)19-3-2-7-4-8(11(13,14)15)10(5-9(7)12)20-21(17)18/h4-5H,2-3H2,1H3,(H,17,18)/p-1. The van der Waals surface area contributed by atoms with Gasteiger partial charge in [-0.1, -0.05) is 11.6 Å². The number of hydrogen-bond acceptors (Lipinski definition) is 5. The molecule has 1 unspecified atom stereocenters. The lowest BCUT2D eigenvalue weighted by Crippen LogP contribution is -2.12. The number of ether oxygens (including phenoxy) is 1. The summed E-state index contributed by atoms with van der Waals surface area (Å²) >= 11 is 2.60. The summed E-state index contributed by atoms with van der Waals surface area (Å²) < 4.78 is 68.0. The number of benzene rings is 1. The summed E-state index contributed by atoms with van der Waals surface area (Å²) in [7, 11) is 0. The summed E-state index contributed by atoms with van der Waals surface area (Å²) in [4.78, 5) is 10.6. The third-order valence-electron chi connectivity index (χ3n) is 2.29. The fourth-order valence-electron chi connectivity index (χ4n) is 1.46. The fourth-order valence-corrected chi connectivity index (χ4v) is 1.99. The minimum absolute atomic E-state index is 0.0503. The quantitative estimate of drug-likeness (QED) is 0.605. The molecule has 1 rings (SSSR count). The van der Waals surface area contributed by atoms with Crippen molar-refractivity contribution in [1.29, 1.82) is 0 Å². The molecule has 0 N–H and O–H groups in total. The van der Waals surface area contributed by atoms with Crippen LogP contribution >= 0.6 is 11.6 Å². The Morgan fingerprint density at radius 2 is 2.05 bits per heavy atom. The zero-order valence-corrected chi connectivity index (χ0v) is 12.1. The summed E-state index contributed by atoms with van der Waals surface area (Å²) in [6.45, 7) is 1.00. The minimum atomic E-state index is -4.82. The van der Waals surface area contributed by atoms with E-state index in [0.29, 0.717) is 6.07 Å². The molecule has 0 aliphatic rings. The van der Waals surface area contributed by atoms with Gasteiger partial charge < -0.3 is 13.5 Å². The summed E-state index contributed by atoms with van der Waals surface area (Å²) in [5, 5.41) is -0.129. The molecular formula is C11H9ClF3O5S-. The van der Waals surface area contributed by atoms with Crippen LogP contribution in [-0.2, 0) is 33.5 Å². The highest BCUT2D eigenvalue weighted by Crippen LogP contribution is 2.39. The van der Waals surface area contributed by atoms with Gasteiger partial charge in [-0.2, -0.15) is 13.2 Å². The largest absolute Gasteiger partial charge is 0.740 e. The lowest BCUT2D eigenvalue weighted by atomic mass is 10.1. The van der Waals surface area contributed by atoms with E-state index in [9.17, 15) is 26.7 Å². The summed E-state index contributed by atoms with van der Waals surface area (Å²) in [5.74, 6) is -1.50. The molecule has 0 fully saturated rings. The van der Waals surface area contributed by atoms with Crippen molar-refractivity contribution in [3.8, 4) is 5.75 Å². The van der Waals surface area contributed by atoms with Crippen molar-refractivity contribution in [2.45, 2.75) is 19.5 Å². The highest BCUT2D eigenvalue weighted by molar-refractivity contribution is 7.74. The molecule has 0 heterocycles. The smallest absolute Gasteiger partial charge is 0.420 e. The Morgan fingerprint density at radius 1 is 1.43 bits per heavy atom. The Hall–Kier alpha value is -1.32. The van der Waals surface area contributed by atoms with E-state index in [1.807, 2.05) is 0 Å². The highest BCUT2D eigenvalue weighted by Gasteiger charge is 2.35. The number of rotatable bonds is 5. The molecule has 1 atom stereocenters. The Bertz CT molecular complexity index is 562. The van der Waals surface area contributed by atoms with E-state index in [2.05, 4.69) is 8.92 Å². The molecule has 0 spiro atoms. The van der Waals surface area contributed by atoms with E-state index in [1.54, 1.807) is 0 Å². The molecule has 0 aromatic heterocycles. The van der Waals surface area contributed by atoms with Gasteiger partial charge in [0.25, 0.3) is 0 Å². The van der Waals surface area contributed by atoms with Crippen molar-refractivity contribution in [3.63, 3.8) is 0 Å². The van der Waals surface area contributed by atoms with E-state index in [1.165, 1.54) is 0 Å². The molecule has 0 radical (unpaired) electrons. The molecule has 5 nitrogen and oxygen atoms in total. The first-order valence-corrected chi connectivity index (χ1v) is 6.79. The second kappa shape index (κ2) is 7.10. The fraction of sp³-hybridized carbons (Fsp3) is 0.364. The third kappa shape index (κ3) is 5.52. The van der Waals surface area contributed by atoms with Crippen molar-refractivity contribution in [2.24, 2.45) is 0 Å². The van der Waals surface area contributed by atoms with Crippen LogP contribution in [0.15, 0.2) is 12.1 Å². The minimum Gasteiger partial charge on any atom is -0.740 e. The number of carbonyl (C=O) groups excluding carboxylic acids is 1. The number of halogens is 4. The second-order valence-electron chi connectivity index (χ2n) is 3.82. The van der Waals surface area contributed by atoms with Crippen molar-refractivity contribution < 1.29 is 35.6 Å². The van der Waals surface area contributed by atoms with Crippen molar-refractivity contribution >= 4 is 28.9 Å². The molecule has 10 heteroatoms. The van der Waals surface area contributed by atoms with Gasteiger partial charge in [0, 0.05) is 24.4 Å². The number of carbonyl (C=O) groups is 1. The molecule has 1 aromatic rings. The number of esters is 1. The van der Waals surface area contributed by atoms with Gasteiger partial charge in [-0.25, -0.2) is 4.21 Å². The van der Waals surface area contributed by atoms with Crippen LogP contribution < -0.4 is 4.18 Å². The SMILES string of the molecule is CC(=O)OCCc1cc(C(F)(F)F)c(OS(=O)[O-])cc1Cl. The van der Waals surface area contributed by atoms with Crippen molar-refractivity contribution in [3.05, 3.63) is 28.3 Å². The Kier molecular flexibility index (Phi) is 5.99. The van der Waals surface area contributed by atoms with Gasteiger partial charge in [0.2, 0.25) is 0 Å². The number of hydrogen-bond donors (Lipinski definition) is 0. The van der Waals surface area contributed by atoms with Crippen LogP contribution in [0.4, 0.5) is 13.2 Å². The van der Waals surface area contributed by atoms with Gasteiger partial charge in [-0.05, 0) is 11.6 Å². The molecule has 21 heavy (non-hydrogen) atoms. The van der Waals surface area contributed by atoms with Gasteiger partial charge >= 0.3 is 12.1 Å². The van der Waals surface area contributed by atoms with Crippen LogP contribution in [0.5, 0.6) is 5.75 Å². The molecule has 0 amide bonds. The van der Waals surface area contributed by atoms with Crippen LogP contribution in [0, 0.1) is 0 Å². The summed E-state index contributed by atoms with van der Waals surface area (Å²) in [6, 6.07) is 1.41. The van der Waals surface area contributed by atoms with E-state index in [-0.39, 0.29) is 23.6 Å². The van der Waals surface area contributed by atoms with Crippen molar-refractivity contribution in [2.75, 3.05) is 6.61 Å². The normalized spacial score (nSPS) is 12.9. The average molecular weight is 346 g/mol. The average Bonchev–Trinajstić information content (AvgIpc) is 2.28. The maximum atomic E-state index is 12.9. The van der Waals surface area contributed by atoms with Crippen LogP contribution in [0.3, 0.4) is 0 Å². The van der Waals surface area contributed by atoms with E-state index >= 15 is 0 Å². The van der Waals surface area contributed by atoms with E-state index < -0.39 is 34.8 Å². The molecule has 0 aliphatic carbocycles. The van der Waals surface area contributed by atoms with Crippen LogP contribution in [0.2, 0.25) is 5.02 Å². The molecular weight excluding hydrogens is 337 g/mol. The summed E-state index contributed by atoms with van der Waals surface area (Å²) in [5.41, 5.74) is -1.23. The van der Waals surface area contributed by atoms with Crippen LogP contribution in [-0.4, -0.2) is 21.3 Å². The first-order valence-electron chi connectivity index (χ1n) is 5.42. The van der Waals surface area contributed by atoms with Gasteiger partial charge in [0.1, 0.15) is 11.4 Å². The summed E-state index contributed by atoms with van der Waals surface area (Å²) in [6.07, 6.45) is -4.88. The topological polar surface area (TPSA) is 75.7 Å². The van der Waals surface area contributed by atoms with E-state index in [4.69, 9.17) is 11.6 Å². The maximum absolute atomic E-state index is 12.9. The van der Waals surface area contributed by atoms with Gasteiger partial charge in [-0.15, -0.1) is 0 Å². The van der Waals surface area contributed by atoms with Crippen LogP contribution in [0.25, 0.3) is 0 Å². The maximum Gasteiger partial charge on any atom is 0.420 e. The molecule has 0 saturated carbocycles. The predicted molar refractivity (Wildman–Crippen MR) is 66.3 cm³/mol. The lowest BCUT2D eigenvalue weighted by molar-refractivity contribution is -0.141. The second-order valence-corrected chi connectivity index (χ2v) is 4.80. The van der Waals surface area contributed by atoms with E-state index in [0.717, 1.165) is 13.0 Å². The molecule has 1 aromatic carbocycles. The third-order valence-corrected chi connectivity index (χ3v) is 2.96. The Morgan fingerprint density at radius 3 is 2.52 bits per heavy atom. The Balaban J connectivity index is 3.12. The first-order chi connectivity index (χ1) is 9.61. The van der Waals surface area contributed by atoms with Crippen molar-refractivity contribution in [1.82, 2.24) is 0 Å². The molecule has 118 valence electrons. The zero-order chi connectivity index (χ0) is 16.2. The predicted octanol–water partition coefficient (Wildman–Crippen LogP) is 2.64. The van der Waals surface area contributed by atoms with Gasteiger partial charge in [0.15, 0.2) is 5.75 Å². The van der Waals surface area contributed by atoms with Gasteiger partial charge in [0.05, 0.1) is 12.2 Å². The molecule has 0 saturated heterocycles. The Labute approximate surface area is 125 Å². The molecule has 0 aliphatic heterocycles. The zero-order valence-electron chi connectivity index (χ0n) is 10.5. The monoisotopic (exact) mass is 345 g/mol.